The molecule has 0 aliphatic carbocycles. The smallest absolute Gasteiger partial charge is 0.218 e. The van der Waals surface area contributed by atoms with E-state index in [1.165, 1.54) is 5.56 Å². The normalized spacial score (nSPS) is 12.5. The fraction of sp³-hybridized carbons (Fsp3) is 0.562. The molecule has 106 valence electrons. The van der Waals surface area contributed by atoms with E-state index in [-0.39, 0.29) is 11.8 Å². The van der Waals surface area contributed by atoms with E-state index >= 15 is 0 Å². The van der Waals surface area contributed by atoms with Gasteiger partial charge >= 0.3 is 0 Å². The summed E-state index contributed by atoms with van der Waals surface area (Å²) in [6, 6.07) is 4.19. The van der Waals surface area contributed by atoms with Gasteiger partial charge in [-0.3, -0.25) is 4.79 Å². The third-order valence-corrected chi connectivity index (χ3v) is 3.49. The summed E-state index contributed by atoms with van der Waals surface area (Å²) >= 11 is 0. The third-order valence-electron chi connectivity index (χ3n) is 3.49. The van der Waals surface area contributed by atoms with Gasteiger partial charge in [-0.25, -0.2) is 0 Å². The topological polar surface area (TPSA) is 52.3 Å². The maximum atomic E-state index is 11.3. The Labute approximate surface area is 116 Å². The minimum Gasteiger partial charge on any atom is -0.494 e. The van der Waals surface area contributed by atoms with Gasteiger partial charge in [-0.1, -0.05) is 19.9 Å². The molecule has 0 heterocycles. The number of benzene rings is 1. The highest BCUT2D eigenvalue weighted by Crippen LogP contribution is 2.33. The van der Waals surface area contributed by atoms with Gasteiger partial charge in [0.15, 0.2) is 0 Å². The molecule has 1 amide bonds. The van der Waals surface area contributed by atoms with Crippen LogP contribution in [0.15, 0.2) is 12.1 Å². The van der Waals surface area contributed by atoms with Crippen molar-refractivity contribution >= 4 is 5.91 Å². The molecule has 0 aliphatic heterocycles. The van der Waals surface area contributed by atoms with Crippen molar-refractivity contribution in [2.24, 2.45) is 11.7 Å². The minimum atomic E-state index is -0.246. The first-order chi connectivity index (χ1) is 8.86. The Balaban J connectivity index is 3.17. The maximum absolute atomic E-state index is 11.3. The predicted octanol–water partition coefficient (Wildman–Crippen LogP) is 3.32. The van der Waals surface area contributed by atoms with E-state index in [2.05, 4.69) is 32.9 Å². The molecular weight excluding hydrogens is 238 g/mol. The summed E-state index contributed by atoms with van der Waals surface area (Å²) in [6.07, 6.45) is 0.395. The van der Waals surface area contributed by atoms with Gasteiger partial charge in [-0.05, 0) is 55.4 Å². The summed E-state index contributed by atoms with van der Waals surface area (Å²) in [7, 11) is 0. The molecule has 0 saturated heterocycles. The van der Waals surface area contributed by atoms with Crippen molar-refractivity contribution in [1.82, 2.24) is 0 Å². The number of ether oxygens (including phenoxy) is 1. The number of aryl methyl sites for hydroxylation is 2. The Morgan fingerprint density at radius 1 is 1.26 bits per heavy atom. The van der Waals surface area contributed by atoms with Gasteiger partial charge in [-0.15, -0.1) is 0 Å². The number of hydrogen-bond acceptors (Lipinski definition) is 2. The quantitative estimate of drug-likeness (QED) is 0.856. The molecule has 1 unspecified atom stereocenters. The maximum Gasteiger partial charge on any atom is 0.218 e. The van der Waals surface area contributed by atoms with E-state index in [1.807, 2.05) is 13.8 Å². The molecular formula is C16H25NO2. The van der Waals surface area contributed by atoms with Crippen LogP contribution in [0.3, 0.4) is 0 Å². The van der Waals surface area contributed by atoms with Crippen molar-refractivity contribution in [2.75, 3.05) is 6.61 Å². The average Bonchev–Trinajstić information content (AvgIpc) is 2.30. The van der Waals surface area contributed by atoms with Gasteiger partial charge in [0.25, 0.3) is 0 Å². The summed E-state index contributed by atoms with van der Waals surface area (Å²) in [5.74, 6) is 1.23. The molecule has 0 fully saturated rings. The Bertz CT molecular complexity index is 452. The van der Waals surface area contributed by atoms with Gasteiger partial charge < -0.3 is 10.5 Å². The number of carbonyl (C=O) groups is 1. The number of hydrogen-bond donors (Lipinski definition) is 1. The van der Waals surface area contributed by atoms with E-state index in [0.717, 1.165) is 16.9 Å². The van der Waals surface area contributed by atoms with Crippen molar-refractivity contribution in [3.05, 3.63) is 28.8 Å². The van der Waals surface area contributed by atoms with Gasteiger partial charge in [0.1, 0.15) is 5.75 Å². The van der Waals surface area contributed by atoms with Crippen molar-refractivity contribution in [2.45, 2.75) is 47.0 Å². The van der Waals surface area contributed by atoms with Crippen LogP contribution in [0, 0.1) is 19.8 Å². The second kappa shape index (κ2) is 6.60. The lowest BCUT2D eigenvalue weighted by Crippen LogP contribution is -2.19. The monoisotopic (exact) mass is 263 g/mol. The zero-order chi connectivity index (χ0) is 14.6. The average molecular weight is 263 g/mol. The number of nitrogens with two attached hydrogens (primary N) is 1. The Hall–Kier alpha value is -1.51. The first-order valence-electron chi connectivity index (χ1n) is 6.89. The Morgan fingerprint density at radius 2 is 1.89 bits per heavy atom. The molecule has 1 rings (SSSR count). The number of rotatable bonds is 6. The Morgan fingerprint density at radius 3 is 2.37 bits per heavy atom. The van der Waals surface area contributed by atoms with Crippen molar-refractivity contribution < 1.29 is 9.53 Å². The molecule has 0 spiro atoms. The minimum absolute atomic E-state index is 0.173. The van der Waals surface area contributed by atoms with Crippen molar-refractivity contribution in [1.29, 1.82) is 0 Å². The molecule has 19 heavy (non-hydrogen) atoms. The summed E-state index contributed by atoms with van der Waals surface area (Å²) in [5.41, 5.74) is 8.84. The lowest BCUT2D eigenvalue weighted by atomic mass is 9.82. The largest absolute Gasteiger partial charge is 0.494 e. The van der Waals surface area contributed by atoms with E-state index < -0.39 is 0 Å². The van der Waals surface area contributed by atoms with Crippen LogP contribution in [-0.2, 0) is 4.79 Å². The second-order valence-corrected chi connectivity index (χ2v) is 5.43. The molecule has 0 saturated carbocycles. The molecule has 3 heteroatoms. The van der Waals surface area contributed by atoms with Gasteiger partial charge in [-0.2, -0.15) is 0 Å². The van der Waals surface area contributed by atoms with Crippen LogP contribution in [0.25, 0.3) is 0 Å². The molecule has 1 aromatic carbocycles. The number of amides is 1. The van der Waals surface area contributed by atoms with Gasteiger partial charge in [0, 0.05) is 6.42 Å². The summed E-state index contributed by atoms with van der Waals surface area (Å²) < 4.78 is 5.60. The molecule has 3 nitrogen and oxygen atoms in total. The van der Waals surface area contributed by atoms with Gasteiger partial charge in [0.05, 0.1) is 6.61 Å². The second-order valence-electron chi connectivity index (χ2n) is 5.43. The standard InChI is InChI=1S/C16H25NO2/c1-6-19-15-8-11(4)14(7-12(15)5)13(10(2)3)9-16(17)18/h7-8,10,13H,6,9H2,1-5H3,(H2,17,18). The van der Waals surface area contributed by atoms with E-state index in [9.17, 15) is 4.79 Å². The highest BCUT2D eigenvalue weighted by molar-refractivity contribution is 5.75. The summed E-state index contributed by atoms with van der Waals surface area (Å²) in [4.78, 5) is 11.3. The van der Waals surface area contributed by atoms with Crippen LogP contribution >= 0.6 is 0 Å². The first kappa shape index (κ1) is 15.5. The van der Waals surface area contributed by atoms with Crippen LogP contribution in [-0.4, -0.2) is 12.5 Å². The Kier molecular flexibility index (Phi) is 5.40. The number of primary amides is 1. The fourth-order valence-electron chi connectivity index (χ4n) is 2.44. The van der Waals surface area contributed by atoms with E-state index in [1.54, 1.807) is 0 Å². The molecule has 0 bridgehead atoms. The fourth-order valence-corrected chi connectivity index (χ4v) is 2.44. The zero-order valence-corrected chi connectivity index (χ0v) is 12.6. The molecule has 1 aromatic rings. The molecule has 0 radical (unpaired) electrons. The third kappa shape index (κ3) is 3.98. The zero-order valence-electron chi connectivity index (χ0n) is 12.6. The number of carbonyl (C=O) groups excluding carboxylic acids is 1. The van der Waals surface area contributed by atoms with Crippen LogP contribution in [0.4, 0.5) is 0 Å². The lowest BCUT2D eigenvalue weighted by molar-refractivity contribution is -0.118. The molecule has 2 N–H and O–H groups in total. The van der Waals surface area contributed by atoms with E-state index in [0.29, 0.717) is 18.9 Å². The van der Waals surface area contributed by atoms with Crippen molar-refractivity contribution in [3.63, 3.8) is 0 Å². The summed E-state index contributed by atoms with van der Waals surface area (Å²) in [6.45, 7) is 11.0. The highest BCUT2D eigenvalue weighted by atomic mass is 16.5. The van der Waals surface area contributed by atoms with E-state index in [4.69, 9.17) is 10.5 Å². The summed E-state index contributed by atoms with van der Waals surface area (Å²) in [5, 5.41) is 0. The molecule has 0 aliphatic rings. The van der Waals surface area contributed by atoms with Crippen molar-refractivity contribution in [3.8, 4) is 5.75 Å². The van der Waals surface area contributed by atoms with Crippen LogP contribution in [0.2, 0.25) is 0 Å². The first-order valence-corrected chi connectivity index (χ1v) is 6.89. The molecule has 1 atom stereocenters. The van der Waals surface area contributed by atoms with Crippen LogP contribution < -0.4 is 10.5 Å². The van der Waals surface area contributed by atoms with Crippen LogP contribution in [0.5, 0.6) is 5.75 Å². The molecule has 0 aromatic heterocycles. The SMILES string of the molecule is CCOc1cc(C)c(C(CC(N)=O)C(C)C)cc1C. The lowest BCUT2D eigenvalue weighted by Gasteiger charge is -2.23. The predicted molar refractivity (Wildman–Crippen MR) is 78.5 cm³/mol. The van der Waals surface area contributed by atoms with Gasteiger partial charge in [0.2, 0.25) is 5.91 Å². The van der Waals surface area contributed by atoms with Crippen LogP contribution in [0.1, 0.15) is 49.8 Å². The highest BCUT2D eigenvalue weighted by Gasteiger charge is 2.21.